The van der Waals surface area contributed by atoms with Gasteiger partial charge in [-0.15, -0.1) is 0 Å². The third-order valence-electron chi connectivity index (χ3n) is 4.56. The van der Waals surface area contributed by atoms with Crippen molar-refractivity contribution < 1.29 is 14.8 Å². The zero-order chi connectivity index (χ0) is 18.2. The predicted molar refractivity (Wildman–Crippen MR) is 92.3 cm³/mol. The lowest BCUT2D eigenvalue weighted by molar-refractivity contribution is 0.0704. The second-order valence-corrected chi connectivity index (χ2v) is 6.57. The minimum Gasteiger partial charge on any atom is -0.311 e. The van der Waals surface area contributed by atoms with Gasteiger partial charge in [0.2, 0.25) is 0 Å². The van der Waals surface area contributed by atoms with Crippen molar-refractivity contribution >= 4 is 17.8 Å². The molecule has 0 atom stereocenters. The van der Waals surface area contributed by atoms with Gasteiger partial charge in [0.05, 0.1) is 5.54 Å². The number of hydrogen-bond donors (Lipinski definition) is 3. The van der Waals surface area contributed by atoms with Crippen molar-refractivity contribution in [2.75, 3.05) is 5.32 Å². The Labute approximate surface area is 145 Å². The number of urea groups is 1. The molecule has 130 valence electrons. The fourth-order valence-corrected chi connectivity index (χ4v) is 3.15. The van der Waals surface area contributed by atoms with Crippen LogP contribution in [0.15, 0.2) is 36.5 Å². The second kappa shape index (κ2) is 6.18. The maximum absolute atomic E-state index is 12.8. The van der Waals surface area contributed by atoms with E-state index in [1.807, 2.05) is 32.9 Å². The number of benzene rings is 1. The number of amides is 3. The summed E-state index contributed by atoms with van der Waals surface area (Å²) >= 11 is 0. The lowest BCUT2D eigenvalue weighted by Crippen LogP contribution is -2.42. The van der Waals surface area contributed by atoms with Crippen molar-refractivity contribution in [2.24, 2.45) is 0 Å². The molecule has 0 fully saturated rings. The lowest BCUT2D eigenvalue weighted by atomic mass is 9.91. The highest BCUT2D eigenvalue weighted by atomic mass is 16.5. The van der Waals surface area contributed by atoms with E-state index in [2.05, 4.69) is 10.3 Å². The van der Waals surface area contributed by atoms with Gasteiger partial charge in [-0.25, -0.2) is 15.3 Å². The third-order valence-corrected chi connectivity index (χ3v) is 4.56. The van der Waals surface area contributed by atoms with Gasteiger partial charge in [0.25, 0.3) is 5.91 Å². The van der Waals surface area contributed by atoms with Crippen LogP contribution in [0.4, 0.5) is 10.6 Å². The number of hydrogen-bond acceptors (Lipinski definition) is 4. The van der Waals surface area contributed by atoms with E-state index in [0.29, 0.717) is 11.4 Å². The van der Waals surface area contributed by atoms with Gasteiger partial charge in [0.1, 0.15) is 5.82 Å². The average Bonchev–Trinajstić information content (AvgIpc) is 2.87. The lowest BCUT2D eigenvalue weighted by Gasteiger charge is -2.32. The van der Waals surface area contributed by atoms with E-state index < -0.39 is 11.4 Å². The van der Waals surface area contributed by atoms with Gasteiger partial charge >= 0.3 is 6.03 Å². The van der Waals surface area contributed by atoms with Crippen LogP contribution in [0.2, 0.25) is 0 Å². The van der Waals surface area contributed by atoms with Crippen LogP contribution in [0, 0.1) is 6.92 Å². The summed E-state index contributed by atoms with van der Waals surface area (Å²) in [4.78, 5) is 30.5. The number of fused-ring (bicyclic) bond motifs is 1. The molecule has 0 saturated carbocycles. The van der Waals surface area contributed by atoms with Crippen molar-refractivity contribution in [3.05, 3.63) is 58.8 Å². The molecule has 0 aliphatic carbocycles. The molecule has 2 heterocycles. The molecule has 3 N–H and O–H groups in total. The topological polar surface area (TPSA) is 94.6 Å². The molecular formula is C18H20N4O3. The summed E-state index contributed by atoms with van der Waals surface area (Å²) in [6.45, 7) is 6.03. The molecular weight excluding hydrogens is 320 g/mol. The highest BCUT2D eigenvalue weighted by Gasteiger charge is 2.42. The number of rotatable bonds is 2. The number of carbonyl (C=O) groups is 2. The van der Waals surface area contributed by atoms with Gasteiger partial charge in [0.15, 0.2) is 0 Å². The minimum absolute atomic E-state index is 0.267. The quantitative estimate of drug-likeness (QED) is 0.579. The second-order valence-electron chi connectivity index (χ2n) is 6.57. The van der Waals surface area contributed by atoms with Crippen LogP contribution < -0.4 is 10.8 Å². The first-order valence-electron chi connectivity index (χ1n) is 7.92. The smallest absolute Gasteiger partial charge is 0.311 e. The van der Waals surface area contributed by atoms with E-state index in [1.54, 1.807) is 34.8 Å². The van der Waals surface area contributed by atoms with Gasteiger partial charge in [-0.05, 0) is 49.6 Å². The molecule has 3 rings (SSSR count). The van der Waals surface area contributed by atoms with Crippen LogP contribution in [-0.2, 0) is 12.1 Å². The van der Waals surface area contributed by atoms with Gasteiger partial charge in [-0.1, -0.05) is 18.2 Å². The molecule has 7 nitrogen and oxygen atoms in total. The molecule has 0 radical (unpaired) electrons. The fraction of sp³-hybridized carbons (Fsp3) is 0.278. The maximum Gasteiger partial charge on any atom is 0.324 e. The monoisotopic (exact) mass is 340 g/mol. The molecule has 7 heteroatoms. The molecule has 1 aromatic carbocycles. The van der Waals surface area contributed by atoms with E-state index in [4.69, 9.17) is 5.21 Å². The number of aromatic nitrogens is 1. The van der Waals surface area contributed by atoms with Crippen molar-refractivity contribution in [3.8, 4) is 0 Å². The molecule has 0 unspecified atom stereocenters. The van der Waals surface area contributed by atoms with E-state index in [1.165, 1.54) is 0 Å². The molecule has 0 bridgehead atoms. The Hall–Kier alpha value is -2.93. The summed E-state index contributed by atoms with van der Waals surface area (Å²) in [5.74, 6) is -0.120. The number of aryl methyl sites for hydroxylation is 1. The number of hydroxylamine groups is 1. The first-order chi connectivity index (χ1) is 11.8. The van der Waals surface area contributed by atoms with Crippen LogP contribution >= 0.6 is 0 Å². The Balaban J connectivity index is 1.90. The molecule has 25 heavy (non-hydrogen) atoms. The summed E-state index contributed by atoms with van der Waals surface area (Å²) in [5, 5.41) is 11.7. The molecule has 1 aromatic heterocycles. The number of nitrogens with one attached hydrogen (secondary N) is 2. The number of anilines is 1. The van der Waals surface area contributed by atoms with E-state index >= 15 is 0 Å². The molecule has 2 aromatic rings. The summed E-state index contributed by atoms with van der Waals surface area (Å²) in [6, 6.07) is 8.58. The molecule has 3 amide bonds. The van der Waals surface area contributed by atoms with Crippen LogP contribution in [0.3, 0.4) is 0 Å². The Morgan fingerprint density at radius 2 is 2.00 bits per heavy atom. The molecule has 1 aliphatic heterocycles. The standard InChI is InChI=1S/C18H20N4O3/c1-11-7-8-15(19-9-11)20-17(24)22-10-13-12(16(23)21-25)5-4-6-14(13)18(22,2)3/h4-9,25H,10H2,1-3H3,(H,21,23)(H,19,20,24). The number of nitrogens with zero attached hydrogens (tertiary/aromatic N) is 2. The summed E-state index contributed by atoms with van der Waals surface area (Å²) in [6.07, 6.45) is 1.68. The van der Waals surface area contributed by atoms with Gasteiger partial charge < -0.3 is 4.90 Å². The molecule has 1 aliphatic rings. The Bertz CT molecular complexity index is 831. The molecule has 0 spiro atoms. The SMILES string of the molecule is Cc1ccc(NC(=O)N2Cc3c(C(=O)NO)cccc3C2(C)C)nc1. The first kappa shape index (κ1) is 16.9. The third kappa shape index (κ3) is 2.94. The zero-order valence-corrected chi connectivity index (χ0v) is 14.3. The van der Waals surface area contributed by atoms with Crippen molar-refractivity contribution in [3.63, 3.8) is 0 Å². The largest absolute Gasteiger partial charge is 0.324 e. The Morgan fingerprint density at radius 1 is 1.24 bits per heavy atom. The minimum atomic E-state index is -0.601. The predicted octanol–water partition coefficient (Wildman–Crippen LogP) is 2.79. The van der Waals surface area contributed by atoms with Gasteiger partial charge in [-0.3, -0.25) is 15.3 Å². The summed E-state index contributed by atoms with van der Waals surface area (Å²) < 4.78 is 0. The fourth-order valence-electron chi connectivity index (χ4n) is 3.15. The van der Waals surface area contributed by atoms with Crippen LogP contribution in [0.5, 0.6) is 0 Å². The van der Waals surface area contributed by atoms with Crippen molar-refractivity contribution in [2.45, 2.75) is 32.9 Å². The molecule has 0 saturated heterocycles. The van der Waals surface area contributed by atoms with Gasteiger partial charge in [0, 0.05) is 18.3 Å². The van der Waals surface area contributed by atoms with Crippen molar-refractivity contribution in [1.82, 2.24) is 15.4 Å². The van der Waals surface area contributed by atoms with E-state index in [-0.39, 0.29) is 12.6 Å². The Morgan fingerprint density at radius 3 is 2.64 bits per heavy atom. The summed E-state index contributed by atoms with van der Waals surface area (Å²) in [7, 11) is 0. The highest BCUT2D eigenvalue weighted by molar-refractivity contribution is 5.96. The first-order valence-corrected chi connectivity index (χ1v) is 7.92. The van der Waals surface area contributed by atoms with Crippen LogP contribution in [0.1, 0.15) is 40.9 Å². The Kier molecular flexibility index (Phi) is 4.18. The van der Waals surface area contributed by atoms with Crippen LogP contribution in [-0.4, -0.2) is 27.0 Å². The van der Waals surface area contributed by atoms with Crippen LogP contribution in [0.25, 0.3) is 0 Å². The highest BCUT2D eigenvalue weighted by Crippen LogP contribution is 2.40. The summed E-state index contributed by atoms with van der Waals surface area (Å²) in [5.41, 5.74) is 4.03. The number of carbonyl (C=O) groups excluding carboxylic acids is 2. The average molecular weight is 340 g/mol. The maximum atomic E-state index is 12.8. The van der Waals surface area contributed by atoms with Crippen molar-refractivity contribution in [1.29, 1.82) is 0 Å². The van der Waals surface area contributed by atoms with E-state index in [9.17, 15) is 9.59 Å². The number of pyridine rings is 1. The zero-order valence-electron chi connectivity index (χ0n) is 14.3. The normalized spacial score (nSPS) is 14.8. The van der Waals surface area contributed by atoms with E-state index in [0.717, 1.165) is 16.7 Å². The van der Waals surface area contributed by atoms with Gasteiger partial charge in [-0.2, -0.15) is 0 Å².